The van der Waals surface area contributed by atoms with Gasteiger partial charge in [0, 0.05) is 6.42 Å². The third kappa shape index (κ3) is 3.43. The average Bonchev–Trinajstić information content (AvgIpc) is 2.29. The van der Waals surface area contributed by atoms with Crippen molar-refractivity contribution in [3.8, 4) is 6.07 Å². The summed E-state index contributed by atoms with van der Waals surface area (Å²) in [6, 6.07) is 11.6. The van der Waals surface area contributed by atoms with Crippen molar-refractivity contribution >= 4 is 5.97 Å². The van der Waals surface area contributed by atoms with E-state index in [0.29, 0.717) is 6.42 Å². The first kappa shape index (κ1) is 11.3. The Hall–Kier alpha value is -1.82. The lowest BCUT2D eigenvalue weighted by Crippen LogP contribution is -2.18. The molecule has 1 rings (SSSR count). The van der Waals surface area contributed by atoms with Gasteiger partial charge in [0.2, 0.25) is 0 Å². The van der Waals surface area contributed by atoms with E-state index in [9.17, 15) is 4.79 Å². The summed E-state index contributed by atoms with van der Waals surface area (Å²) in [7, 11) is 1.34. The van der Waals surface area contributed by atoms with E-state index >= 15 is 0 Å². The van der Waals surface area contributed by atoms with Crippen LogP contribution in [0.3, 0.4) is 0 Å². The number of carbonyl (C=O) groups excluding carboxylic acids is 1. The summed E-state index contributed by atoms with van der Waals surface area (Å²) in [5, 5.41) is 8.60. The fraction of sp³-hybridized carbons (Fsp3) is 0.333. The van der Waals surface area contributed by atoms with Crippen molar-refractivity contribution in [1.82, 2.24) is 0 Å². The van der Waals surface area contributed by atoms with E-state index in [1.165, 1.54) is 7.11 Å². The fourth-order valence-corrected chi connectivity index (χ4v) is 1.41. The molecule has 0 bridgehead atoms. The number of rotatable bonds is 4. The summed E-state index contributed by atoms with van der Waals surface area (Å²) in [6.45, 7) is 0. The molecule has 1 aromatic rings. The van der Waals surface area contributed by atoms with Gasteiger partial charge < -0.3 is 4.74 Å². The van der Waals surface area contributed by atoms with Crippen LogP contribution in [0.1, 0.15) is 12.0 Å². The Balaban J connectivity index is 2.68. The van der Waals surface area contributed by atoms with Crippen LogP contribution < -0.4 is 0 Å². The fourth-order valence-electron chi connectivity index (χ4n) is 1.41. The zero-order valence-electron chi connectivity index (χ0n) is 8.64. The molecule has 0 aliphatic heterocycles. The van der Waals surface area contributed by atoms with Gasteiger partial charge in [0.15, 0.2) is 0 Å². The second-order valence-electron chi connectivity index (χ2n) is 3.27. The minimum Gasteiger partial charge on any atom is -0.469 e. The minimum absolute atomic E-state index is 0.196. The van der Waals surface area contributed by atoms with Crippen LogP contribution in [-0.4, -0.2) is 13.1 Å². The molecule has 0 fully saturated rings. The highest BCUT2D eigenvalue weighted by molar-refractivity contribution is 5.73. The van der Waals surface area contributed by atoms with Crippen molar-refractivity contribution in [2.45, 2.75) is 12.8 Å². The van der Waals surface area contributed by atoms with Crippen LogP contribution >= 0.6 is 0 Å². The second kappa shape index (κ2) is 5.82. The van der Waals surface area contributed by atoms with Crippen LogP contribution in [0.4, 0.5) is 0 Å². The lowest BCUT2D eigenvalue weighted by atomic mass is 9.97. The third-order valence-electron chi connectivity index (χ3n) is 2.20. The molecule has 0 heterocycles. The van der Waals surface area contributed by atoms with Crippen LogP contribution in [0.25, 0.3) is 0 Å². The van der Waals surface area contributed by atoms with E-state index in [0.717, 1.165) is 5.56 Å². The molecule has 0 spiro atoms. The van der Waals surface area contributed by atoms with Crippen molar-refractivity contribution in [2.75, 3.05) is 7.11 Å². The van der Waals surface area contributed by atoms with Gasteiger partial charge in [-0.3, -0.25) is 4.79 Å². The van der Waals surface area contributed by atoms with Crippen LogP contribution in [-0.2, 0) is 16.0 Å². The zero-order chi connectivity index (χ0) is 11.1. The van der Waals surface area contributed by atoms with Crippen molar-refractivity contribution in [2.24, 2.45) is 5.92 Å². The molecule has 0 aromatic heterocycles. The number of carbonyl (C=O) groups is 1. The van der Waals surface area contributed by atoms with Crippen molar-refractivity contribution in [1.29, 1.82) is 5.26 Å². The maximum Gasteiger partial charge on any atom is 0.310 e. The SMILES string of the molecule is COC(=O)C(CC#N)Cc1ccccc1. The van der Waals surface area contributed by atoms with Crippen LogP contribution in [0.5, 0.6) is 0 Å². The van der Waals surface area contributed by atoms with Gasteiger partial charge in [0.25, 0.3) is 0 Å². The van der Waals surface area contributed by atoms with Gasteiger partial charge in [-0.15, -0.1) is 0 Å². The summed E-state index contributed by atoms with van der Waals surface area (Å²) in [5.74, 6) is -0.678. The van der Waals surface area contributed by atoms with Crippen molar-refractivity contribution in [3.63, 3.8) is 0 Å². The molecule has 0 saturated carbocycles. The summed E-state index contributed by atoms with van der Waals surface area (Å²) in [5.41, 5.74) is 1.04. The first-order valence-electron chi connectivity index (χ1n) is 4.76. The van der Waals surface area contributed by atoms with Gasteiger partial charge in [0.1, 0.15) is 0 Å². The van der Waals surface area contributed by atoms with Crippen molar-refractivity contribution < 1.29 is 9.53 Å². The monoisotopic (exact) mass is 203 g/mol. The van der Waals surface area contributed by atoms with E-state index in [-0.39, 0.29) is 18.3 Å². The molecule has 0 saturated heterocycles. The largest absolute Gasteiger partial charge is 0.469 e. The standard InChI is InChI=1S/C12H13NO2/c1-15-12(14)11(7-8-13)9-10-5-3-2-4-6-10/h2-6,11H,7,9H2,1H3. The molecule has 0 N–H and O–H groups in total. The molecule has 1 atom stereocenters. The smallest absolute Gasteiger partial charge is 0.310 e. The topological polar surface area (TPSA) is 50.1 Å². The van der Waals surface area contributed by atoms with Gasteiger partial charge >= 0.3 is 5.97 Å². The lowest BCUT2D eigenvalue weighted by Gasteiger charge is -2.10. The summed E-state index contributed by atoms with van der Waals surface area (Å²) in [4.78, 5) is 11.3. The number of nitriles is 1. The van der Waals surface area contributed by atoms with E-state index in [1.54, 1.807) is 0 Å². The summed E-state index contributed by atoms with van der Waals surface area (Å²) < 4.78 is 4.65. The molecule has 0 amide bonds. The van der Waals surface area contributed by atoms with Gasteiger partial charge in [-0.05, 0) is 12.0 Å². The molecular formula is C12H13NO2. The normalized spacial score (nSPS) is 11.5. The van der Waals surface area contributed by atoms with Crippen molar-refractivity contribution in [3.05, 3.63) is 35.9 Å². The molecular weight excluding hydrogens is 190 g/mol. The Bertz CT molecular complexity index is 354. The first-order valence-corrected chi connectivity index (χ1v) is 4.76. The highest BCUT2D eigenvalue weighted by atomic mass is 16.5. The summed E-state index contributed by atoms with van der Waals surface area (Å²) in [6.07, 6.45) is 0.753. The maximum absolute atomic E-state index is 11.3. The Morgan fingerprint density at radius 2 is 2.13 bits per heavy atom. The number of ether oxygens (including phenoxy) is 1. The van der Waals surface area contributed by atoms with E-state index in [1.807, 2.05) is 36.4 Å². The Labute approximate surface area is 89.3 Å². The Morgan fingerprint density at radius 1 is 1.47 bits per heavy atom. The predicted molar refractivity (Wildman–Crippen MR) is 55.9 cm³/mol. The molecule has 0 radical (unpaired) electrons. The van der Waals surface area contributed by atoms with E-state index < -0.39 is 0 Å². The molecule has 0 aliphatic carbocycles. The maximum atomic E-state index is 11.3. The Morgan fingerprint density at radius 3 is 2.67 bits per heavy atom. The highest BCUT2D eigenvalue weighted by Gasteiger charge is 2.18. The molecule has 0 aliphatic rings. The average molecular weight is 203 g/mol. The minimum atomic E-state index is -0.359. The van der Waals surface area contributed by atoms with E-state index in [2.05, 4.69) is 4.74 Å². The molecule has 3 heteroatoms. The number of esters is 1. The highest BCUT2D eigenvalue weighted by Crippen LogP contribution is 2.13. The first-order chi connectivity index (χ1) is 7.27. The van der Waals surface area contributed by atoms with E-state index in [4.69, 9.17) is 5.26 Å². The zero-order valence-corrected chi connectivity index (χ0v) is 8.64. The van der Waals surface area contributed by atoms with Crippen LogP contribution in [0.2, 0.25) is 0 Å². The number of nitrogens with zero attached hydrogens (tertiary/aromatic N) is 1. The lowest BCUT2D eigenvalue weighted by molar-refractivity contribution is -0.145. The number of methoxy groups -OCH3 is 1. The molecule has 1 unspecified atom stereocenters. The predicted octanol–water partition coefficient (Wildman–Crippen LogP) is 1.93. The molecule has 15 heavy (non-hydrogen) atoms. The van der Waals surface area contributed by atoms with Gasteiger partial charge in [-0.1, -0.05) is 30.3 Å². The molecule has 3 nitrogen and oxygen atoms in total. The third-order valence-corrected chi connectivity index (χ3v) is 2.20. The number of benzene rings is 1. The van der Waals surface area contributed by atoms with Gasteiger partial charge in [0.05, 0.1) is 19.1 Å². The molecule has 1 aromatic carbocycles. The second-order valence-corrected chi connectivity index (χ2v) is 3.27. The van der Waals surface area contributed by atoms with Crippen LogP contribution in [0.15, 0.2) is 30.3 Å². The quantitative estimate of drug-likeness (QED) is 0.702. The van der Waals surface area contributed by atoms with Gasteiger partial charge in [-0.2, -0.15) is 5.26 Å². The molecule has 78 valence electrons. The number of hydrogen-bond donors (Lipinski definition) is 0. The summed E-state index contributed by atoms with van der Waals surface area (Å²) >= 11 is 0. The number of hydrogen-bond acceptors (Lipinski definition) is 3. The Kier molecular flexibility index (Phi) is 4.36. The van der Waals surface area contributed by atoms with Gasteiger partial charge in [-0.25, -0.2) is 0 Å². The van der Waals surface area contributed by atoms with Crippen LogP contribution in [0, 0.1) is 17.2 Å².